The minimum Gasteiger partial charge on any atom is -0.461 e. The minimum atomic E-state index is 0.685. The Morgan fingerprint density at radius 3 is 2.83 bits per heavy atom. The average molecular weight is 239 g/mol. The minimum absolute atomic E-state index is 0.685. The molecule has 18 heavy (non-hydrogen) atoms. The third kappa shape index (κ3) is 1.62. The Balaban J connectivity index is 2.27. The summed E-state index contributed by atoms with van der Waals surface area (Å²) in [6, 6.07) is 9.76. The number of hydrogen-bond donors (Lipinski definition) is 1. The molecule has 3 aromatic rings. The third-order valence-corrected chi connectivity index (χ3v) is 2.91. The Kier molecular flexibility index (Phi) is 2.48. The highest BCUT2D eigenvalue weighted by molar-refractivity contribution is 5.93. The summed E-state index contributed by atoms with van der Waals surface area (Å²) in [5.41, 5.74) is 1.83. The van der Waals surface area contributed by atoms with Gasteiger partial charge in [-0.25, -0.2) is 9.97 Å². The maximum absolute atomic E-state index is 5.73. The summed E-state index contributed by atoms with van der Waals surface area (Å²) in [6.07, 6.45) is 1.75. The Morgan fingerprint density at radius 1 is 1.17 bits per heavy atom. The number of furan rings is 1. The van der Waals surface area contributed by atoms with Crippen LogP contribution in [0.2, 0.25) is 0 Å². The van der Waals surface area contributed by atoms with Gasteiger partial charge in [-0.3, -0.25) is 0 Å². The SMILES string of the molecule is CNc1ccnc(-c2c(C)oc3ccccc23)n1. The van der Waals surface area contributed by atoms with Gasteiger partial charge in [0.15, 0.2) is 5.82 Å². The number of nitrogens with zero attached hydrogens (tertiary/aromatic N) is 2. The van der Waals surface area contributed by atoms with E-state index in [1.807, 2.05) is 44.3 Å². The number of rotatable bonds is 2. The maximum Gasteiger partial charge on any atom is 0.165 e. The highest BCUT2D eigenvalue weighted by atomic mass is 16.3. The van der Waals surface area contributed by atoms with E-state index in [1.165, 1.54) is 0 Å². The van der Waals surface area contributed by atoms with Crippen LogP contribution in [-0.2, 0) is 0 Å². The molecule has 2 heterocycles. The van der Waals surface area contributed by atoms with E-state index in [4.69, 9.17) is 4.42 Å². The fraction of sp³-hybridized carbons (Fsp3) is 0.143. The lowest BCUT2D eigenvalue weighted by atomic mass is 10.1. The van der Waals surface area contributed by atoms with Gasteiger partial charge in [0.05, 0.1) is 5.56 Å². The monoisotopic (exact) mass is 239 g/mol. The number of nitrogens with one attached hydrogen (secondary N) is 1. The van der Waals surface area contributed by atoms with Gasteiger partial charge in [-0.2, -0.15) is 0 Å². The number of anilines is 1. The van der Waals surface area contributed by atoms with E-state index < -0.39 is 0 Å². The van der Waals surface area contributed by atoms with Crippen molar-refractivity contribution in [2.24, 2.45) is 0 Å². The molecule has 0 atom stereocenters. The molecule has 0 bridgehead atoms. The molecule has 0 aliphatic rings. The predicted octanol–water partition coefficient (Wildman–Crippen LogP) is 3.24. The van der Waals surface area contributed by atoms with Crippen molar-refractivity contribution in [1.29, 1.82) is 0 Å². The Hall–Kier alpha value is -2.36. The van der Waals surface area contributed by atoms with Gasteiger partial charge in [0, 0.05) is 18.6 Å². The van der Waals surface area contributed by atoms with E-state index in [0.717, 1.165) is 28.1 Å². The quantitative estimate of drug-likeness (QED) is 0.745. The smallest absolute Gasteiger partial charge is 0.165 e. The highest BCUT2D eigenvalue weighted by Gasteiger charge is 2.14. The fourth-order valence-corrected chi connectivity index (χ4v) is 2.06. The van der Waals surface area contributed by atoms with Gasteiger partial charge in [-0.05, 0) is 19.1 Å². The van der Waals surface area contributed by atoms with Crippen LogP contribution in [-0.4, -0.2) is 17.0 Å². The van der Waals surface area contributed by atoms with Crippen molar-refractivity contribution < 1.29 is 4.42 Å². The second-order valence-electron chi connectivity index (χ2n) is 4.04. The zero-order valence-corrected chi connectivity index (χ0v) is 10.3. The summed E-state index contributed by atoms with van der Waals surface area (Å²) in [7, 11) is 1.84. The second kappa shape index (κ2) is 4.14. The van der Waals surface area contributed by atoms with Crippen LogP contribution in [0.1, 0.15) is 5.76 Å². The number of aromatic nitrogens is 2. The summed E-state index contributed by atoms with van der Waals surface area (Å²) >= 11 is 0. The molecule has 0 fully saturated rings. The lowest BCUT2D eigenvalue weighted by Gasteiger charge is -2.02. The molecule has 4 heteroatoms. The van der Waals surface area contributed by atoms with Crippen LogP contribution in [0.5, 0.6) is 0 Å². The van der Waals surface area contributed by atoms with Gasteiger partial charge >= 0.3 is 0 Å². The Morgan fingerprint density at radius 2 is 2.00 bits per heavy atom. The highest BCUT2D eigenvalue weighted by Crippen LogP contribution is 2.32. The molecule has 0 unspecified atom stereocenters. The lowest BCUT2D eigenvalue weighted by Crippen LogP contribution is -1.95. The molecule has 0 amide bonds. The van der Waals surface area contributed by atoms with Gasteiger partial charge in [-0.15, -0.1) is 0 Å². The van der Waals surface area contributed by atoms with E-state index >= 15 is 0 Å². The van der Waals surface area contributed by atoms with Crippen LogP contribution in [0.15, 0.2) is 40.9 Å². The van der Waals surface area contributed by atoms with Crippen molar-refractivity contribution in [2.45, 2.75) is 6.92 Å². The van der Waals surface area contributed by atoms with Crippen LogP contribution < -0.4 is 5.32 Å². The topological polar surface area (TPSA) is 51.0 Å². The molecule has 4 nitrogen and oxygen atoms in total. The van der Waals surface area contributed by atoms with Crippen LogP contribution in [0.3, 0.4) is 0 Å². The molecule has 2 aromatic heterocycles. The molecule has 90 valence electrons. The van der Waals surface area contributed by atoms with E-state index in [2.05, 4.69) is 15.3 Å². The molecule has 0 spiro atoms. The first-order valence-corrected chi connectivity index (χ1v) is 5.79. The summed E-state index contributed by atoms with van der Waals surface area (Å²) < 4.78 is 5.73. The fourth-order valence-electron chi connectivity index (χ4n) is 2.06. The molecular formula is C14H13N3O. The zero-order valence-electron chi connectivity index (χ0n) is 10.3. The number of para-hydroxylation sites is 1. The number of benzene rings is 1. The zero-order chi connectivity index (χ0) is 12.5. The van der Waals surface area contributed by atoms with Gasteiger partial charge in [-0.1, -0.05) is 18.2 Å². The van der Waals surface area contributed by atoms with Crippen molar-refractivity contribution in [2.75, 3.05) is 12.4 Å². The number of aryl methyl sites for hydroxylation is 1. The van der Waals surface area contributed by atoms with Gasteiger partial charge in [0.2, 0.25) is 0 Å². The third-order valence-electron chi connectivity index (χ3n) is 2.91. The van der Waals surface area contributed by atoms with Crippen LogP contribution >= 0.6 is 0 Å². The van der Waals surface area contributed by atoms with Gasteiger partial charge in [0.25, 0.3) is 0 Å². The molecular weight excluding hydrogens is 226 g/mol. The summed E-state index contributed by atoms with van der Waals surface area (Å²) in [6.45, 7) is 1.94. The van der Waals surface area contributed by atoms with Crippen LogP contribution in [0.25, 0.3) is 22.4 Å². The first-order chi connectivity index (χ1) is 8.79. The Labute approximate surface area is 105 Å². The average Bonchev–Trinajstić information content (AvgIpc) is 2.74. The lowest BCUT2D eigenvalue weighted by molar-refractivity contribution is 0.579. The molecule has 0 aliphatic carbocycles. The number of hydrogen-bond acceptors (Lipinski definition) is 4. The summed E-state index contributed by atoms with van der Waals surface area (Å²) in [5.74, 6) is 2.32. The van der Waals surface area contributed by atoms with Crippen molar-refractivity contribution in [3.63, 3.8) is 0 Å². The normalized spacial score (nSPS) is 10.8. The molecule has 1 N–H and O–H groups in total. The predicted molar refractivity (Wildman–Crippen MR) is 71.5 cm³/mol. The summed E-state index contributed by atoms with van der Waals surface area (Å²) in [5, 5.41) is 4.06. The van der Waals surface area contributed by atoms with Crippen molar-refractivity contribution in [1.82, 2.24) is 9.97 Å². The van der Waals surface area contributed by atoms with Crippen molar-refractivity contribution in [3.8, 4) is 11.4 Å². The molecule has 1 aromatic carbocycles. The largest absolute Gasteiger partial charge is 0.461 e. The first-order valence-electron chi connectivity index (χ1n) is 5.79. The van der Waals surface area contributed by atoms with Crippen LogP contribution in [0, 0.1) is 6.92 Å². The van der Waals surface area contributed by atoms with Crippen molar-refractivity contribution >= 4 is 16.8 Å². The van der Waals surface area contributed by atoms with E-state index in [1.54, 1.807) is 6.20 Å². The molecule has 0 radical (unpaired) electrons. The van der Waals surface area contributed by atoms with E-state index in [9.17, 15) is 0 Å². The maximum atomic E-state index is 5.73. The Bertz CT molecular complexity index is 703. The van der Waals surface area contributed by atoms with E-state index in [0.29, 0.717) is 5.82 Å². The molecule has 0 saturated carbocycles. The van der Waals surface area contributed by atoms with E-state index in [-0.39, 0.29) is 0 Å². The molecule has 0 saturated heterocycles. The van der Waals surface area contributed by atoms with Gasteiger partial charge in [0.1, 0.15) is 17.2 Å². The van der Waals surface area contributed by atoms with Gasteiger partial charge < -0.3 is 9.73 Å². The standard InChI is InChI=1S/C14H13N3O/c1-9-13(10-5-3-4-6-11(10)18-9)14-16-8-7-12(15-2)17-14/h3-8H,1-2H3,(H,15,16,17). The van der Waals surface area contributed by atoms with Crippen molar-refractivity contribution in [3.05, 3.63) is 42.3 Å². The summed E-state index contributed by atoms with van der Waals surface area (Å²) in [4.78, 5) is 8.79. The van der Waals surface area contributed by atoms with Crippen LogP contribution in [0.4, 0.5) is 5.82 Å². The molecule has 3 rings (SSSR count). The molecule has 0 aliphatic heterocycles. The second-order valence-corrected chi connectivity index (χ2v) is 4.04. The first kappa shape index (κ1) is 10.8. The number of fused-ring (bicyclic) bond motifs is 1.